The third-order valence-electron chi connectivity index (χ3n) is 4.51. The summed E-state index contributed by atoms with van der Waals surface area (Å²) in [5, 5.41) is 6.08. The van der Waals surface area contributed by atoms with Crippen LogP contribution in [-0.2, 0) is 9.59 Å². The molecule has 0 atom stereocenters. The number of carbonyl (C=O) groups is 3. The number of piperidine rings is 1. The summed E-state index contributed by atoms with van der Waals surface area (Å²) >= 11 is 5.80. The number of hydrogen-bond donors (Lipinski definition) is 2. The molecule has 0 bridgehead atoms. The zero-order chi connectivity index (χ0) is 19.9. The van der Waals surface area contributed by atoms with Gasteiger partial charge in [-0.2, -0.15) is 0 Å². The molecule has 2 N–H and O–H groups in total. The van der Waals surface area contributed by atoms with E-state index in [1.165, 1.54) is 0 Å². The van der Waals surface area contributed by atoms with E-state index >= 15 is 0 Å². The van der Waals surface area contributed by atoms with Gasteiger partial charge in [-0.15, -0.1) is 0 Å². The maximum atomic E-state index is 12.2. The van der Waals surface area contributed by atoms with Gasteiger partial charge in [0.25, 0.3) is 5.91 Å². The third kappa shape index (κ3) is 5.33. The normalized spacial score (nSPS) is 13.9. The van der Waals surface area contributed by atoms with Crippen LogP contribution in [0.5, 0.6) is 0 Å². The SMILES string of the molecule is O=C(CCNC(=O)c1ccc(Cl)cc1)Nc1cccc(N2CCCCC2=O)c1. The Morgan fingerprint density at radius 2 is 1.86 bits per heavy atom. The molecular formula is C21H22ClN3O3. The highest BCUT2D eigenvalue weighted by molar-refractivity contribution is 6.30. The van der Waals surface area contributed by atoms with Crippen LogP contribution in [0.2, 0.25) is 5.02 Å². The van der Waals surface area contributed by atoms with Gasteiger partial charge in [0.05, 0.1) is 0 Å². The first-order valence-corrected chi connectivity index (χ1v) is 9.65. The second-order valence-corrected chi connectivity index (χ2v) is 7.05. The number of hydrogen-bond acceptors (Lipinski definition) is 3. The Labute approximate surface area is 168 Å². The van der Waals surface area contributed by atoms with Crippen molar-refractivity contribution in [1.82, 2.24) is 5.32 Å². The molecule has 0 radical (unpaired) electrons. The Bertz CT molecular complexity index is 867. The van der Waals surface area contributed by atoms with E-state index in [4.69, 9.17) is 11.6 Å². The largest absolute Gasteiger partial charge is 0.352 e. The number of amides is 3. The summed E-state index contributed by atoms with van der Waals surface area (Å²) in [5.41, 5.74) is 1.91. The lowest BCUT2D eigenvalue weighted by Crippen LogP contribution is -2.35. The average Bonchev–Trinajstić information content (AvgIpc) is 2.69. The van der Waals surface area contributed by atoms with Gasteiger partial charge in [-0.1, -0.05) is 17.7 Å². The molecular weight excluding hydrogens is 378 g/mol. The van der Waals surface area contributed by atoms with Crippen molar-refractivity contribution in [2.24, 2.45) is 0 Å². The molecule has 0 aromatic heterocycles. The Balaban J connectivity index is 1.49. The molecule has 1 heterocycles. The summed E-state index contributed by atoms with van der Waals surface area (Å²) in [5.74, 6) is -0.353. The number of anilines is 2. The summed E-state index contributed by atoms with van der Waals surface area (Å²) in [4.78, 5) is 38.0. The molecule has 146 valence electrons. The fraction of sp³-hybridized carbons (Fsp3) is 0.286. The lowest BCUT2D eigenvalue weighted by Gasteiger charge is -2.27. The number of carbonyl (C=O) groups excluding carboxylic acids is 3. The van der Waals surface area contributed by atoms with Crippen molar-refractivity contribution < 1.29 is 14.4 Å². The minimum atomic E-state index is -0.255. The number of nitrogens with one attached hydrogen (secondary N) is 2. The van der Waals surface area contributed by atoms with Gasteiger partial charge in [-0.25, -0.2) is 0 Å². The summed E-state index contributed by atoms with van der Waals surface area (Å²) in [7, 11) is 0. The summed E-state index contributed by atoms with van der Waals surface area (Å²) in [6.07, 6.45) is 2.61. The maximum Gasteiger partial charge on any atom is 0.251 e. The molecule has 3 rings (SSSR count). The Morgan fingerprint density at radius 3 is 2.61 bits per heavy atom. The van der Waals surface area contributed by atoms with Gasteiger partial charge in [0.1, 0.15) is 0 Å². The van der Waals surface area contributed by atoms with Crippen LogP contribution in [0.25, 0.3) is 0 Å². The van der Waals surface area contributed by atoms with E-state index in [0.717, 1.165) is 18.5 Å². The molecule has 0 saturated carbocycles. The fourth-order valence-corrected chi connectivity index (χ4v) is 3.17. The monoisotopic (exact) mass is 399 g/mol. The molecule has 0 aliphatic carbocycles. The van der Waals surface area contributed by atoms with E-state index in [9.17, 15) is 14.4 Å². The second-order valence-electron chi connectivity index (χ2n) is 6.61. The third-order valence-corrected chi connectivity index (χ3v) is 4.76. The minimum absolute atomic E-state index is 0.111. The number of nitrogens with zero attached hydrogens (tertiary/aromatic N) is 1. The molecule has 7 heteroatoms. The average molecular weight is 400 g/mol. The predicted octanol–water partition coefficient (Wildman–Crippen LogP) is 3.62. The molecule has 2 aromatic carbocycles. The summed E-state index contributed by atoms with van der Waals surface area (Å²) in [6, 6.07) is 13.8. The molecule has 0 unspecified atom stereocenters. The van der Waals surface area contributed by atoms with Crippen LogP contribution in [0.4, 0.5) is 11.4 Å². The van der Waals surface area contributed by atoms with Gasteiger partial charge in [0.15, 0.2) is 0 Å². The summed E-state index contributed by atoms with van der Waals surface area (Å²) < 4.78 is 0. The van der Waals surface area contributed by atoms with Gasteiger partial charge in [0.2, 0.25) is 11.8 Å². The van der Waals surface area contributed by atoms with E-state index in [0.29, 0.717) is 29.2 Å². The predicted molar refractivity (Wildman–Crippen MR) is 110 cm³/mol. The van der Waals surface area contributed by atoms with Crippen LogP contribution in [0.3, 0.4) is 0 Å². The highest BCUT2D eigenvalue weighted by Gasteiger charge is 2.19. The van der Waals surface area contributed by atoms with E-state index in [2.05, 4.69) is 10.6 Å². The van der Waals surface area contributed by atoms with Crippen LogP contribution >= 0.6 is 11.6 Å². The van der Waals surface area contributed by atoms with Crippen LogP contribution in [0.1, 0.15) is 36.0 Å². The number of rotatable bonds is 6. The van der Waals surface area contributed by atoms with Gasteiger partial charge < -0.3 is 15.5 Å². The van der Waals surface area contributed by atoms with Crippen molar-refractivity contribution in [3.8, 4) is 0 Å². The van der Waals surface area contributed by atoms with E-state index in [1.54, 1.807) is 41.3 Å². The summed E-state index contributed by atoms with van der Waals surface area (Å²) in [6.45, 7) is 0.921. The molecule has 3 amide bonds. The van der Waals surface area contributed by atoms with Crippen molar-refractivity contribution >= 4 is 40.7 Å². The van der Waals surface area contributed by atoms with Crippen LogP contribution in [0.15, 0.2) is 48.5 Å². The zero-order valence-electron chi connectivity index (χ0n) is 15.4. The van der Waals surface area contributed by atoms with Crippen LogP contribution in [-0.4, -0.2) is 30.8 Å². The van der Waals surface area contributed by atoms with Crippen LogP contribution in [0, 0.1) is 0 Å². The molecule has 28 heavy (non-hydrogen) atoms. The molecule has 2 aromatic rings. The Kier molecular flexibility index (Phi) is 6.66. The quantitative estimate of drug-likeness (QED) is 0.778. The highest BCUT2D eigenvalue weighted by Crippen LogP contribution is 2.23. The molecule has 1 saturated heterocycles. The molecule has 0 spiro atoms. The van der Waals surface area contributed by atoms with Gasteiger partial charge in [-0.05, 0) is 55.3 Å². The molecule has 6 nitrogen and oxygen atoms in total. The molecule has 1 aliphatic rings. The van der Waals surface area contributed by atoms with E-state index in [-0.39, 0.29) is 30.7 Å². The maximum absolute atomic E-state index is 12.2. The van der Waals surface area contributed by atoms with Crippen molar-refractivity contribution in [3.05, 3.63) is 59.1 Å². The highest BCUT2D eigenvalue weighted by atomic mass is 35.5. The fourth-order valence-electron chi connectivity index (χ4n) is 3.05. The standard InChI is InChI=1S/C21H22ClN3O3/c22-16-9-7-15(8-10-16)21(28)23-12-11-19(26)24-17-4-3-5-18(14-17)25-13-2-1-6-20(25)27/h3-5,7-10,14H,1-2,6,11-13H2,(H,23,28)(H,24,26). The van der Waals surface area contributed by atoms with Gasteiger partial charge in [-0.3, -0.25) is 14.4 Å². The zero-order valence-corrected chi connectivity index (χ0v) is 16.2. The van der Waals surface area contributed by atoms with Crippen molar-refractivity contribution in [2.75, 3.05) is 23.3 Å². The van der Waals surface area contributed by atoms with Crippen molar-refractivity contribution in [2.45, 2.75) is 25.7 Å². The lowest BCUT2D eigenvalue weighted by atomic mass is 10.1. The first-order valence-electron chi connectivity index (χ1n) is 9.27. The van der Waals surface area contributed by atoms with Gasteiger partial charge in [0, 0.05) is 47.9 Å². The number of benzene rings is 2. The van der Waals surface area contributed by atoms with Crippen molar-refractivity contribution in [3.63, 3.8) is 0 Å². The first-order chi connectivity index (χ1) is 13.5. The van der Waals surface area contributed by atoms with Crippen molar-refractivity contribution in [1.29, 1.82) is 0 Å². The molecule has 1 fully saturated rings. The van der Waals surface area contributed by atoms with E-state index in [1.807, 2.05) is 12.1 Å². The Morgan fingerprint density at radius 1 is 1.07 bits per heavy atom. The Hall–Kier alpha value is -2.86. The van der Waals surface area contributed by atoms with Crippen LogP contribution < -0.4 is 15.5 Å². The smallest absolute Gasteiger partial charge is 0.251 e. The first kappa shape index (κ1) is 19.9. The topological polar surface area (TPSA) is 78.5 Å². The number of halogens is 1. The minimum Gasteiger partial charge on any atom is -0.352 e. The second kappa shape index (κ2) is 9.37. The van der Waals surface area contributed by atoms with E-state index < -0.39 is 0 Å². The lowest BCUT2D eigenvalue weighted by molar-refractivity contribution is -0.119. The molecule has 1 aliphatic heterocycles. The van der Waals surface area contributed by atoms with Gasteiger partial charge >= 0.3 is 0 Å².